The summed E-state index contributed by atoms with van der Waals surface area (Å²) in [7, 11) is 0. The van der Waals surface area contributed by atoms with Gasteiger partial charge in [0.2, 0.25) is 0 Å². The van der Waals surface area contributed by atoms with Crippen molar-refractivity contribution in [3.05, 3.63) is 0 Å². The number of likely N-dealkylation sites (N-methyl/N-ethyl adjacent to an activating group) is 1. The van der Waals surface area contributed by atoms with Gasteiger partial charge in [-0.05, 0) is 25.8 Å². The molecule has 5 nitrogen and oxygen atoms in total. The van der Waals surface area contributed by atoms with E-state index in [1.807, 2.05) is 0 Å². The number of hydrogen-bond acceptors (Lipinski definition) is 3. The molecule has 0 amide bonds. The Hall–Kier alpha value is -0.0800. The lowest BCUT2D eigenvalue weighted by molar-refractivity contribution is 0.140. The lowest BCUT2D eigenvalue weighted by atomic mass is 10.3. The fourth-order valence-electron chi connectivity index (χ4n) is 2.65. The molecule has 1 saturated carbocycles. The number of halogens is 1. The summed E-state index contributed by atoms with van der Waals surface area (Å²) < 4.78 is 0. The van der Waals surface area contributed by atoms with E-state index in [1.54, 1.807) is 0 Å². The predicted octanol–water partition coefficient (Wildman–Crippen LogP) is 1.21. The summed E-state index contributed by atoms with van der Waals surface area (Å²) >= 11 is 0. The van der Waals surface area contributed by atoms with Crippen molar-refractivity contribution < 1.29 is 0 Å². The highest BCUT2D eigenvalue weighted by molar-refractivity contribution is 14.0. The minimum atomic E-state index is 0. The van der Waals surface area contributed by atoms with Crippen LogP contribution in [0.2, 0.25) is 0 Å². The van der Waals surface area contributed by atoms with E-state index in [-0.39, 0.29) is 24.0 Å². The monoisotopic (exact) mass is 409 g/mol. The quantitative estimate of drug-likeness (QED) is 0.393. The van der Waals surface area contributed by atoms with Crippen molar-refractivity contribution in [1.82, 2.24) is 20.4 Å². The van der Waals surface area contributed by atoms with Crippen LogP contribution in [0, 0.1) is 5.92 Å². The number of piperazine rings is 1. The smallest absolute Gasteiger partial charge is 0.191 e. The number of hydrogen-bond donors (Lipinski definition) is 2. The van der Waals surface area contributed by atoms with Crippen LogP contribution in [0.1, 0.15) is 27.2 Å². The third-order valence-corrected chi connectivity index (χ3v) is 4.37. The average Bonchev–Trinajstić information content (AvgIpc) is 3.15. The Morgan fingerprint density at radius 3 is 2.29 bits per heavy atom. The lowest BCUT2D eigenvalue weighted by Gasteiger charge is -2.33. The van der Waals surface area contributed by atoms with Crippen molar-refractivity contribution in [2.45, 2.75) is 33.2 Å². The molecule has 2 fully saturated rings. The second-order valence-corrected chi connectivity index (χ2v) is 6.00. The van der Waals surface area contributed by atoms with Gasteiger partial charge >= 0.3 is 0 Å². The third-order valence-electron chi connectivity index (χ3n) is 4.37. The van der Waals surface area contributed by atoms with E-state index < -0.39 is 0 Å². The molecule has 2 atom stereocenters. The lowest BCUT2D eigenvalue weighted by Crippen LogP contribution is -2.47. The molecule has 6 heteroatoms. The van der Waals surface area contributed by atoms with Crippen molar-refractivity contribution in [3.8, 4) is 0 Å². The van der Waals surface area contributed by atoms with Crippen LogP contribution in [-0.4, -0.2) is 74.2 Å². The standard InChI is InChI=1S/C15H31N5.HI/c1-4-16-15(18-14-12-13(14)3)17-6-7-20-10-8-19(5-2)9-11-20;/h13-14H,4-12H2,1-3H3,(H2,16,17,18);1H. The molecule has 2 rings (SSSR count). The van der Waals surface area contributed by atoms with Crippen molar-refractivity contribution in [2.24, 2.45) is 10.9 Å². The molecule has 0 aromatic rings. The van der Waals surface area contributed by atoms with Gasteiger partial charge in [0.15, 0.2) is 5.96 Å². The van der Waals surface area contributed by atoms with Gasteiger partial charge in [0.05, 0.1) is 6.54 Å². The van der Waals surface area contributed by atoms with Gasteiger partial charge in [0.1, 0.15) is 0 Å². The van der Waals surface area contributed by atoms with E-state index in [4.69, 9.17) is 4.99 Å². The van der Waals surface area contributed by atoms with E-state index in [2.05, 4.69) is 41.2 Å². The van der Waals surface area contributed by atoms with Crippen molar-refractivity contribution in [2.75, 3.05) is 52.4 Å². The molecule has 2 N–H and O–H groups in total. The van der Waals surface area contributed by atoms with E-state index in [1.165, 1.54) is 39.1 Å². The van der Waals surface area contributed by atoms with Gasteiger partial charge in [0.25, 0.3) is 0 Å². The Bertz CT molecular complexity index is 315. The Kier molecular flexibility index (Phi) is 8.89. The first-order valence-corrected chi connectivity index (χ1v) is 8.22. The van der Waals surface area contributed by atoms with Gasteiger partial charge in [0, 0.05) is 45.3 Å². The van der Waals surface area contributed by atoms with E-state index in [9.17, 15) is 0 Å². The van der Waals surface area contributed by atoms with Gasteiger partial charge in [-0.15, -0.1) is 24.0 Å². The molecular formula is C15H32IN5. The SMILES string of the molecule is CCNC(=NCCN1CCN(CC)CC1)NC1CC1C.I. The van der Waals surface area contributed by atoms with Crippen molar-refractivity contribution in [3.63, 3.8) is 0 Å². The van der Waals surface area contributed by atoms with Crippen LogP contribution < -0.4 is 10.6 Å². The van der Waals surface area contributed by atoms with Crippen LogP contribution in [0.5, 0.6) is 0 Å². The number of nitrogens with one attached hydrogen (secondary N) is 2. The van der Waals surface area contributed by atoms with Gasteiger partial charge in [-0.25, -0.2) is 0 Å². The molecular weight excluding hydrogens is 377 g/mol. The summed E-state index contributed by atoms with van der Waals surface area (Å²) in [6, 6.07) is 0.640. The summed E-state index contributed by atoms with van der Waals surface area (Å²) in [5, 5.41) is 6.85. The Morgan fingerprint density at radius 2 is 1.76 bits per heavy atom. The molecule has 0 aromatic heterocycles. The van der Waals surface area contributed by atoms with Gasteiger partial charge in [-0.1, -0.05) is 13.8 Å². The molecule has 2 aliphatic rings. The Balaban J connectivity index is 0.00000220. The second kappa shape index (κ2) is 9.84. The normalized spacial score (nSPS) is 27.1. The molecule has 21 heavy (non-hydrogen) atoms. The average molecular weight is 409 g/mol. The van der Waals surface area contributed by atoms with Crippen LogP contribution in [0.15, 0.2) is 4.99 Å². The maximum absolute atomic E-state index is 4.70. The summed E-state index contributed by atoms with van der Waals surface area (Å²) in [5.74, 6) is 1.80. The van der Waals surface area contributed by atoms with Crippen LogP contribution in [0.3, 0.4) is 0 Å². The highest BCUT2D eigenvalue weighted by Crippen LogP contribution is 2.28. The maximum Gasteiger partial charge on any atom is 0.191 e. The minimum Gasteiger partial charge on any atom is -0.357 e. The Morgan fingerprint density at radius 1 is 1.14 bits per heavy atom. The second-order valence-electron chi connectivity index (χ2n) is 6.00. The third kappa shape index (κ3) is 6.69. The molecule has 124 valence electrons. The molecule has 0 aromatic carbocycles. The molecule has 1 saturated heterocycles. The highest BCUT2D eigenvalue weighted by atomic mass is 127. The zero-order valence-corrected chi connectivity index (χ0v) is 16.1. The molecule has 1 heterocycles. The van der Waals surface area contributed by atoms with Crippen LogP contribution in [-0.2, 0) is 0 Å². The van der Waals surface area contributed by atoms with Crippen LogP contribution in [0.25, 0.3) is 0 Å². The van der Waals surface area contributed by atoms with Crippen LogP contribution >= 0.6 is 24.0 Å². The fraction of sp³-hybridized carbons (Fsp3) is 0.933. The Labute approximate surface area is 146 Å². The summed E-state index contributed by atoms with van der Waals surface area (Å²) in [5.41, 5.74) is 0. The summed E-state index contributed by atoms with van der Waals surface area (Å²) in [4.78, 5) is 9.74. The molecule has 1 aliphatic heterocycles. The van der Waals surface area contributed by atoms with E-state index in [0.29, 0.717) is 6.04 Å². The zero-order chi connectivity index (χ0) is 14.4. The molecule has 0 spiro atoms. The predicted molar refractivity (Wildman–Crippen MR) is 101 cm³/mol. The first kappa shape index (κ1) is 19.0. The van der Waals surface area contributed by atoms with Crippen molar-refractivity contribution >= 4 is 29.9 Å². The molecule has 0 bridgehead atoms. The molecule has 1 aliphatic carbocycles. The van der Waals surface area contributed by atoms with Crippen LogP contribution in [0.4, 0.5) is 0 Å². The van der Waals surface area contributed by atoms with Gasteiger partial charge < -0.3 is 15.5 Å². The minimum absolute atomic E-state index is 0. The highest BCUT2D eigenvalue weighted by Gasteiger charge is 2.33. The van der Waals surface area contributed by atoms with E-state index >= 15 is 0 Å². The van der Waals surface area contributed by atoms with E-state index in [0.717, 1.165) is 31.5 Å². The number of aliphatic imine (C=N–C) groups is 1. The summed E-state index contributed by atoms with van der Waals surface area (Å²) in [6.07, 6.45) is 1.28. The first-order chi connectivity index (χ1) is 9.72. The largest absolute Gasteiger partial charge is 0.357 e. The maximum atomic E-state index is 4.70. The van der Waals surface area contributed by atoms with Gasteiger partial charge in [-0.3, -0.25) is 9.89 Å². The topological polar surface area (TPSA) is 42.9 Å². The zero-order valence-electron chi connectivity index (χ0n) is 13.8. The molecule has 2 unspecified atom stereocenters. The fourth-order valence-corrected chi connectivity index (χ4v) is 2.65. The van der Waals surface area contributed by atoms with Crippen molar-refractivity contribution in [1.29, 1.82) is 0 Å². The number of nitrogens with zero attached hydrogens (tertiary/aromatic N) is 3. The summed E-state index contributed by atoms with van der Waals surface area (Å²) in [6.45, 7) is 15.5. The first-order valence-electron chi connectivity index (χ1n) is 8.22. The number of rotatable bonds is 6. The number of guanidine groups is 1. The van der Waals surface area contributed by atoms with Gasteiger partial charge in [-0.2, -0.15) is 0 Å². The molecule has 0 radical (unpaired) electrons.